The molecule has 1 aliphatic rings. The lowest BCUT2D eigenvalue weighted by atomic mass is 9.99. The second-order valence-corrected chi connectivity index (χ2v) is 2.53. The average molecular weight is 163 g/mol. The molecule has 0 saturated heterocycles. The highest BCUT2D eigenvalue weighted by Crippen LogP contribution is 2.31. The van der Waals surface area contributed by atoms with E-state index in [4.69, 9.17) is 5.73 Å². The first kappa shape index (κ1) is 8.33. The summed E-state index contributed by atoms with van der Waals surface area (Å²) in [5.41, 5.74) is 5.36. The highest BCUT2D eigenvalue weighted by molar-refractivity contribution is 5.34. The zero-order valence-electron chi connectivity index (χ0n) is 6.00. The Bertz CT molecular complexity index is 242. The van der Waals surface area contributed by atoms with Crippen LogP contribution in [0.25, 0.3) is 0 Å². The van der Waals surface area contributed by atoms with Crippen molar-refractivity contribution in [1.82, 2.24) is 0 Å². The lowest BCUT2D eigenvalue weighted by molar-refractivity contribution is 0.437. The van der Waals surface area contributed by atoms with Gasteiger partial charge >= 0.3 is 0 Å². The fourth-order valence-corrected chi connectivity index (χ4v) is 0.891. The smallest absolute Gasteiger partial charge is 0.190 e. The first-order valence-electron chi connectivity index (χ1n) is 3.20. The third-order valence-corrected chi connectivity index (χ3v) is 1.73. The topological polar surface area (TPSA) is 26.0 Å². The van der Waals surface area contributed by atoms with Crippen molar-refractivity contribution in [2.45, 2.75) is 19.4 Å². The van der Waals surface area contributed by atoms with Gasteiger partial charge in [0.05, 0.1) is 0 Å². The first-order chi connectivity index (χ1) is 5.04. The molecule has 1 aliphatic carbocycles. The third-order valence-electron chi connectivity index (χ3n) is 1.73. The van der Waals surface area contributed by atoms with E-state index in [1.54, 1.807) is 0 Å². The molecular weight excluding hydrogens is 155 g/mol. The average Bonchev–Trinajstić information content (AvgIpc) is 1.97. The lowest BCUT2D eigenvalue weighted by Crippen LogP contribution is -2.25. The molecule has 0 heterocycles. The van der Waals surface area contributed by atoms with Crippen molar-refractivity contribution in [3.8, 4) is 0 Å². The molecule has 2 N–H and O–H groups in total. The van der Waals surface area contributed by atoms with Gasteiger partial charge in [-0.05, 0) is 12.5 Å². The van der Waals surface area contributed by atoms with Crippen molar-refractivity contribution in [3.05, 3.63) is 23.1 Å². The van der Waals surface area contributed by atoms with Crippen LogP contribution in [0, 0.1) is 0 Å². The van der Waals surface area contributed by atoms with E-state index in [-0.39, 0.29) is 12.0 Å². The number of halogens is 3. The van der Waals surface area contributed by atoms with Crippen LogP contribution in [0.15, 0.2) is 23.1 Å². The molecule has 0 aromatic carbocycles. The number of nitrogens with two attached hydrogens (primary N) is 1. The van der Waals surface area contributed by atoms with Crippen molar-refractivity contribution < 1.29 is 13.2 Å². The van der Waals surface area contributed by atoms with Crippen LogP contribution in [-0.2, 0) is 0 Å². The summed E-state index contributed by atoms with van der Waals surface area (Å²) in [7, 11) is 0. The fourth-order valence-electron chi connectivity index (χ4n) is 0.891. The van der Waals surface area contributed by atoms with Crippen LogP contribution in [-0.4, -0.2) is 6.04 Å². The summed E-state index contributed by atoms with van der Waals surface area (Å²) in [5, 5.41) is 0. The molecule has 11 heavy (non-hydrogen) atoms. The van der Waals surface area contributed by atoms with E-state index in [1.807, 2.05) is 0 Å². The van der Waals surface area contributed by atoms with Gasteiger partial charge in [-0.1, -0.05) is 0 Å². The Morgan fingerprint density at radius 1 is 1.27 bits per heavy atom. The largest absolute Gasteiger partial charge is 0.324 e. The SMILES string of the molecule is CC1=C(F)C(F)=C(F)CC1N. The lowest BCUT2D eigenvalue weighted by Gasteiger charge is -2.16. The van der Waals surface area contributed by atoms with Crippen molar-refractivity contribution in [1.29, 1.82) is 0 Å². The highest BCUT2D eigenvalue weighted by Gasteiger charge is 2.25. The predicted molar refractivity (Wildman–Crippen MR) is 35.6 cm³/mol. The number of hydrogen-bond donors (Lipinski definition) is 1. The van der Waals surface area contributed by atoms with E-state index in [0.717, 1.165) is 0 Å². The summed E-state index contributed by atoms with van der Waals surface area (Å²) in [6, 6.07) is -0.727. The molecule has 0 aliphatic heterocycles. The summed E-state index contributed by atoms with van der Waals surface area (Å²) in [6.45, 7) is 1.35. The van der Waals surface area contributed by atoms with Gasteiger partial charge in [0.2, 0.25) is 0 Å². The molecule has 1 atom stereocenters. The molecule has 0 aromatic rings. The minimum absolute atomic E-state index is 0.0731. The molecule has 0 radical (unpaired) electrons. The molecule has 0 bridgehead atoms. The molecule has 0 saturated carbocycles. The van der Waals surface area contributed by atoms with Gasteiger partial charge in [-0.2, -0.15) is 0 Å². The standard InChI is InChI=1S/C7H8F3N/c1-3-5(11)2-4(8)7(10)6(3)9/h5H,2,11H2,1H3. The minimum Gasteiger partial charge on any atom is -0.324 e. The number of hydrogen-bond acceptors (Lipinski definition) is 1. The van der Waals surface area contributed by atoms with E-state index in [0.29, 0.717) is 0 Å². The quantitative estimate of drug-likeness (QED) is 0.581. The third kappa shape index (κ3) is 1.30. The van der Waals surface area contributed by atoms with Gasteiger partial charge in [0, 0.05) is 12.5 Å². The Hall–Kier alpha value is -0.770. The summed E-state index contributed by atoms with van der Waals surface area (Å²) >= 11 is 0. The van der Waals surface area contributed by atoms with Gasteiger partial charge in [-0.3, -0.25) is 0 Å². The monoisotopic (exact) mass is 163 g/mol. The Morgan fingerprint density at radius 2 is 1.82 bits per heavy atom. The summed E-state index contributed by atoms with van der Waals surface area (Å²) in [6.07, 6.45) is -0.245. The molecule has 4 heteroatoms. The van der Waals surface area contributed by atoms with Gasteiger partial charge < -0.3 is 5.73 Å². The first-order valence-corrected chi connectivity index (χ1v) is 3.20. The molecule has 0 aromatic heterocycles. The fraction of sp³-hybridized carbons (Fsp3) is 0.429. The number of allylic oxidation sites excluding steroid dienone is 2. The van der Waals surface area contributed by atoms with Gasteiger partial charge in [-0.25, -0.2) is 13.2 Å². The van der Waals surface area contributed by atoms with Gasteiger partial charge in [-0.15, -0.1) is 0 Å². The summed E-state index contributed by atoms with van der Waals surface area (Å²) < 4.78 is 37.4. The van der Waals surface area contributed by atoms with Crippen LogP contribution in [0.1, 0.15) is 13.3 Å². The maximum absolute atomic E-state index is 12.6. The molecule has 0 amide bonds. The van der Waals surface area contributed by atoms with Crippen molar-refractivity contribution in [2.75, 3.05) is 0 Å². The Balaban J connectivity index is 3.07. The Labute approximate surface area is 62.4 Å². The molecular formula is C7H8F3N. The normalized spacial score (nSPS) is 26.5. The molecule has 1 nitrogen and oxygen atoms in total. The van der Waals surface area contributed by atoms with Crippen molar-refractivity contribution in [3.63, 3.8) is 0 Å². The van der Waals surface area contributed by atoms with Gasteiger partial charge in [0.25, 0.3) is 0 Å². The van der Waals surface area contributed by atoms with Crippen LogP contribution in [0.3, 0.4) is 0 Å². The second-order valence-electron chi connectivity index (χ2n) is 2.53. The van der Waals surface area contributed by atoms with E-state index in [1.165, 1.54) is 6.92 Å². The van der Waals surface area contributed by atoms with E-state index in [9.17, 15) is 13.2 Å². The summed E-state index contributed by atoms with van der Waals surface area (Å²) in [5.74, 6) is -3.65. The van der Waals surface area contributed by atoms with E-state index < -0.39 is 23.5 Å². The maximum atomic E-state index is 12.6. The zero-order valence-corrected chi connectivity index (χ0v) is 6.00. The predicted octanol–water partition coefficient (Wildman–Crippen LogP) is 2.11. The van der Waals surface area contributed by atoms with Gasteiger partial charge in [0.1, 0.15) is 5.83 Å². The highest BCUT2D eigenvalue weighted by atomic mass is 19.2. The molecule has 0 fully saturated rings. The van der Waals surface area contributed by atoms with Crippen LogP contribution in [0.4, 0.5) is 13.2 Å². The number of rotatable bonds is 0. The molecule has 1 rings (SSSR count). The summed E-state index contributed by atoms with van der Waals surface area (Å²) in [4.78, 5) is 0. The van der Waals surface area contributed by atoms with Crippen LogP contribution in [0.5, 0.6) is 0 Å². The molecule has 0 spiro atoms. The van der Waals surface area contributed by atoms with Crippen LogP contribution < -0.4 is 5.73 Å². The Kier molecular flexibility index (Phi) is 2.04. The zero-order chi connectivity index (χ0) is 8.59. The minimum atomic E-state index is -1.40. The van der Waals surface area contributed by atoms with E-state index in [2.05, 4.69) is 0 Å². The van der Waals surface area contributed by atoms with Crippen molar-refractivity contribution in [2.24, 2.45) is 5.73 Å². The van der Waals surface area contributed by atoms with Gasteiger partial charge in [0.15, 0.2) is 11.7 Å². The van der Waals surface area contributed by atoms with Crippen LogP contribution in [0.2, 0.25) is 0 Å². The van der Waals surface area contributed by atoms with E-state index >= 15 is 0 Å². The molecule has 62 valence electrons. The molecule has 1 unspecified atom stereocenters. The second kappa shape index (κ2) is 2.70. The maximum Gasteiger partial charge on any atom is 0.190 e. The van der Waals surface area contributed by atoms with Crippen LogP contribution >= 0.6 is 0 Å². The Morgan fingerprint density at radius 3 is 2.36 bits per heavy atom. The van der Waals surface area contributed by atoms with Crippen molar-refractivity contribution >= 4 is 0 Å².